The number of nitrogens with one attached hydrogen (secondary N) is 2. The van der Waals surface area contributed by atoms with Gasteiger partial charge in [0.2, 0.25) is 5.95 Å². The maximum Gasteiger partial charge on any atom is 0.330 e. The van der Waals surface area contributed by atoms with Crippen LogP contribution in [0.3, 0.4) is 0 Å². The second kappa shape index (κ2) is 13.0. The molecule has 45 heavy (non-hydrogen) atoms. The molecule has 2 aliphatic rings. The third-order valence-electron chi connectivity index (χ3n) is 8.32. The minimum absolute atomic E-state index is 0.248. The molecule has 0 bridgehead atoms. The van der Waals surface area contributed by atoms with E-state index in [1.54, 1.807) is 48.5 Å². The maximum absolute atomic E-state index is 13.6. The van der Waals surface area contributed by atoms with Crippen molar-refractivity contribution < 1.29 is 14.0 Å². The van der Waals surface area contributed by atoms with Crippen LogP contribution in [-0.2, 0) is 19.8 Å². The van der Waals surface area contributed by atoms with Crippen LogP contribution in [0.4, 0.5) is 38.0 Å². The van der Waals surface area contributed by atoms with Crippen molar-refractivity contribution in [1.82, 2.24) is 19.8 Å². The molecule has 1 fully saturated rings. The van der Waals surface area contributed by atoms with Crippen LogP contribution in [0.5, 0.6) is 0 Å². The molecular formula is C34H37FN8O2. The number of likely N-dealkylation sites (N-methyl/N-ethyl adjacent to an activating group) is 1. The van der Waals surface area contributed by atoms with E-state index in [9.17, 15) is 14.0 Å². The van der Waals surface area contributed by atoms with Gasteiger partial charge in [-0.1, -0.05) is 30.3 Å². The molecule has 4 aromatic rings. The zero-order chi connectivity index (χ0) is 31.5. The van der Waals surface area contributed by atoms with Crippen LogP contribution >= 0.6 is 0 Å². The number of hydrogen-bond acceptors (Lipinski definition) is 7. The number of aromatic nitrogens is 2. The van der Waals surface area contributed by atoms with Gasteiger partial charge in [-0.3, -0.25) is 19.5 Å². The van der Waals surface area contributed by atoms with Crippen LogP contribution in [0.1, 0.15) is 32.6 Å². The van der Waals surface area contributed by atoms with E-state index in [0.29, 0.717) is 34.3 Å². The zero-order valence-corrected chi connectivity index (χ0v) is 25.8. The van der Waals surface area contributed by atoms with Crippen LogP contribution < -0.4 is 20.4 Å². The molecule has 3 heterocycles. The Labute approximate surface area is 262 Å². The molecule has 1 saturated heterocycles. The predicted octanol–water partition coefficient (Wildman–Crippen LogP) is 5.57. The summed E-state index contributed by atoms with van der Waals surface area (Å²) in [6.45, 7) is 6.79. The van der Waals surface area contributed by atoms with E-state index >= 15 is 0 Å². The Hall–Kier alpha value is -4.87. The minimum atomic E-state index is -0.645. The number of fused-ring (bicyclic) bond motifs is 1. The Balaban J connectivity index is 1.14. The van der Waals surface area contributed by atoms with Gasteiger partial charge in [0, 0.05) is 68.5 Å². The molecule has 0 radical (unpaired) electrons. The molecule has 3 aromatic carbocycles. The second-order valence-corrected chi connectivity index (χ2v) is 11.7. The van der Waals surface area contributed by atoms with Gasteiger partial charge in [-0.25, -0.2) is 14.2 Å². The van der Waals surface area contributed by atoms with Crippen LogP contribution in [0, 0.1) is 6.92 Å². The Morgan fingerprint density at radius 2 is 1.69 bits per heavy atom. The third kappa shape index (κ3) is 6.79. The fourth-order valence-corrected chi connectivity index (χ4v) is 5.62. The lowest BCUT2D eigenvalue weighted by molar-refractivity contribution is 0.102. The van der Waals surface area contributed by atoms with E-state index in [1.807, 2.05) is 25.1 Å². The van der Waals surface area contributed by atoms with E-state index in [1.165, 1.54) is 16.5 Å². The standard InChI is InChI=1S/C34H37FN8O2/c1-23-7-10-29(37-32(44)26-6-4-5-25(17-26)19-35)18-30(23)43-22-27-20-36-33(39-31(27)41(3)34(43)45)38-28-11-8-24(9-12-28)21-42-15-13-40(2)14-16-42/h4-12,17-18,20H,13-16,19,21-22H2,1-3H3,(H,37,44)(H,36,38,39). The monoisotopic (exact) mass is 608 g/mol. The number of anilines is 5. The summed E-state index contributed by atoms with van der Waals surface area (Å²) in [6, 6.07) is 19.9. The van der Waals surface area contributed by atoms with Crippen molar-refractivity contribution in [2.45, 2.75) is 26.7 Å². The first-order valence-corrected chi connectivity index (χ1v) is 15.0. The number of carbonyl (C=O) groups excluding carboxylic acids is 2. The van der Waals surface area contributed by atoms with Crippen molar-refractivity contribution in [3.63, 3.8) is 0 Å². The highest BCUT2D eigenvalue weighted by Gasteiger charge is 2.31. The van der Waals surface area contributed by atoms with E-state index < -0.39 is 6.67 Å². The van der Waals surface area contributed by atoms with Gasteiger partial charge in [0.05, 0.1) is 12.2 Å². The van der Waals surface area contributed by atoms with Crippen LogP contribution in [0.15, 0.2) is 72.9 Å². The molecule has 0 saturated carbocycles. The number of benzene rings is 3. The van der Waals surface area contributed by atoms with E-state index in [-0.39, 0.29) is 18.5 Å². The summed E-state index contributed by atoms with van der Waals surface area (Å²) in [7, 11) is 3.85. The molecule has 2 aliphatic heterocycles. The molecule has 6 rings (SSSR count). The van der Waals surface area contributed by atoms with Crippen molar-refractivity contribution in [3.8, 4) is 0 Å². The van der Waals surface area contributed by atoms with Gasteiger partial charge in [0.25, 0.3) is 5.91 Å². The number of amides is 3. The molecule has 11 heteroatoms. The highest BCUT2D eigenvalue weighted by Crippen LogP contribution is 2.33. The first-order chi connectivity index (χ1) is 21.8. The number of carbonyl (C=O) groups is 2. The molecule has 0 aliphatic carbocycles. The topological polar surface area (TPSA) is 96.9 Å². The lowest BCUT2D eigenvalue weighted by Crippen LogP contribution is -2.46. The zero-order valence-electron chi connectivity index (χ0n) is 25.8. The Morgan fingerprint density at radius 1 is 0.933 bits per heavy atom. The Kier molecular flexibility index (Phi) is 8.72. The van der Waals surface area contributed by atoms with Gasteiger partial charge in [0.1, 0.15) is 12.5 Å². The van der Waals surface area contributed by atoms with Crippen LogP contribution in [-0.4, -0.2) is 72.0 Å². The summed E-state index contributed by atoms with van der Waals surface area (Å²) in [6.07, 6.45) is 1.74. The molecule has 10 nitrogen and oxygen atoms in total. The fraction of sp³-hybridized carbons (Fsp3) is 0.294. The number of nitrogens with zero attached hydrogens (tertiary/aromatic N) is 6. The number of piperazine rings is 1. The third-order valence-corrected chi connectivity index (χ3v) is 8.32. The molecule has 0 spiro atoms. The Bertz CT molecular complexity index is 1710. The van der Waals surface area contributed by atoms with Crippen molar-refractivity contribution in [2.24, 2.45) is 0 Å². The van der Waals surface area contributed by atoms with E-state index in [2.05, 4.69) is 49.6 Å². The maximum atomic E-state index is 13.6. The van der Waals surface area contributed by atoms with Crippen LogP contribution in [0.25, 0.3) is 0 Å². The number of rotatable bonds is 8. The number of urea groups is 1. The Morgan fingerprint density at radius 3 is 2.44 bits per heavy atom. The fourth-order valence-electron chi connectivity index (χ4n) is 5.62. The molecule has 232 valence electrons. The van der Waals surface area contributed by atoms with Crippen molar-refractivity contribution in [1.29, 1.82) is 0 Å². The van der Waals surface area contributed by atoms with Crippen molar-refractivity contribution in [3.05, 3.63) is 101 Å². The summed E-state index contributed by atoms with van der Waals surface area (Å²) in [5.74, 6) is 0.590. The first-order valence-electron chi connectivity index (χ1n) is 15.0. The molecule has 3 amide bonds. The molecule has 1 aromatic heterocycles. The van der Waals surface area contributed by atoms with Gasteiger partial charge < -0.3 is 15.5 Å². The second-order valence-electron chi connectivity index (χ2n) is 11.7. The molecule has 2 N–H and O–H groups in total. The number of hydrogen-bond donors (Lipinski definition) is 2. The SMILES string of the molecule is Cc1ccc(NC(=O)c2cccc(CF)c2)cc1N1Cc2cnc(Nc3ccc(CN4CCN(C)CC4)cc3)nc2N(C)C1=O. The summed E-state index contributed by atoms with van der Waals surface area (Å²) in [5, 5.41) is 6.14. The van der Waals surface area contributed by atoms with Crippen LogP contribution in [0.2, 0.25) is 0 Å². The smallest absolute Gasteiger partial charge is 0.324 e. The van der Waals surface area contributed by atoms with Crippen molar-refractivity contribution >= 4 is 40.8 Å². The number of halogens is 1. The normalized spacial score (nSPS) is 15.6. The van der Waals surface area contributed by atoms with E-state index in [0.717, 1.165) is 49.5 Å². The predicted molar refractivity (Wildman–Crippen MR) is 175 cm³/mol. The van der Waals surface area contributed by atoms with E-state index in [4.69, 9.17) is 0 Å². The van der Waals surface area contributed by atoms with Gasteiger partial charge in [0.15, 0.2) is 0 Å². The molecule has 0 unspecified atom stereocenters. The number of alkyl halides is 1. The average Bonchev–Trinajstić information content (AvgIpc) is 3.06. The summed E-state index contributed by atoms with van der Waals surface area (Å²) >= 11 is 0. The minimum Gasteiger partial charge on any atom is -0.324 e. The quantitative estimate of drug-likeness (QED) is 0.270. The lowest BCUT2D eigenvalue weighted by Gasteiger charge is -2.35. The van der Waals surface area contributed by atoms with Crippen molar-refractivity contribution in [2.75, 3.05) is 60.7 Å². The summed E-state index contributed by atoms with van der Waals surface area (Å²) < 4.78 is 13.1. The van der Waals surface area contributed by atoms with Gasteiger partial charge in [-0.05, 0) is 67.1 Å². The number of aryl methyl sites for hydroxylation is 1. The van der Waals surface area contributed by atoms with Gasteiger partial charge in [-0.15, -0.1) is 0 Å². The van der Waals surface area contributed by atoms with Gasteiger partial charge in [-0.2, -0.15) is 4.98 Å². The largest absolute Gasteiger partial charge is 0.330 e. The lowest BCUT2D eigenvalue weighted by atomic mass is 10.1. The highest BCUT2D eigenvalue weighted by atomic mass is 19.1. The average molecular weight is 609 g/mol. The van der Waals surface area contributed by atoms with Gasteiger partial charge >= 0.3 is 6.03 Å². The highest BCUT2D eigenvalue weighted by molar-refractivity contribution is 6.07. The molecule has 0 atom stereocenters. The summed E-state index contributed by atoms with van der Waals surface area (Å²) in [4.78, 5) is 43.6. The molecular weight excluding hydrogens is 571 g/mol. The summed E-state index contributed by atoms with van der Waals surface area (Å²) in [5.41, 5.74) is 5.77. The first kappa shape index (κ1) is 30.2.